The van der Waals surface area contributed by atoms with E-state index in [-0.39, 0.29) is 10.9 Å². The average molecular weight is 363 g/mol. The molecular weight excluding hydrogens is 348 g/mol. The highest BCUT2D eigenvalue weighted by Gasteiger charge is 2.31. The summed E-state index contributed by atoms with van der Waals surface area (Å²) in [7, 11) is -3.89. The summed E-state index contributed by atoms with van der Waals surface area (Å²) < 4.78 is 27.7. The fourth-order valence-corrected chi connectivity index (χ4v) is 4.44. The van der Waals surface area contributed by atoms with Gasteiger partial charge in [-0.25, -0.2) is 13.1 Å². The molecular formula is C12H15BrN2O4S. The molecule has 1 aromatic carbocycles. The molecule has 1 aliphatic rings. The zero-order valence-corrected chi connectivity index (χ0v) is 13.3. The normalized spacial score (nSPS) is 22.9. The van der Waals surface area contributed by atoms with E-state index < -0.39 is 20.6 Å². The average Bonchev–Trinajstić information content (AvgIpc) is 2.73. The van der Waals surface area contributed by atoms with Crippen molar-refractivity contribution < 1.29 is 13.3 Å². The van der Waals surface area contributed by atoms with E-state index in [0.29, 0.717) is 10.4 Å². The van der Waals surface area contributed by atoms with Gasteiger partial charge in [-0.2, -0.15) is 0 Å². The number of halogens is 1. The molecule has 2 unspecified atom stereocenters. The maximum atomic E-state index is 12.3. The second-order valence-corrected chi connectivity index (χ2v) is 7.70. The molecule has 1 saturated carbocycles. The largest absolute Gasteiger partial charge is 0.289 e. The van der Waals surface area contributed by atoms with Crippen LogP contribution in [0.1, 0.15) is 26.2 Å². The lowest BCUT2D eigenvalue weighted by Gasteiger charge is -2.13. The number of hydrogen-bond donors (Lipinski definition) is 1. The Morgan fingerprint density at radius 1 is 1.40 bits per heavy atom. The molecule has 1 fully saturated rings. The first-order chi connectivity index (χ1) is 9.29. The van der Waals surface area contributed by atoms with Crippen LogP contribution in [-0.2, 0) is 10.0 Å². The minimum absolute atomic E-state index is 0.145. The number of nitro groups is 1. The van der Waals surface area contributed by atoms with Crippen LogP contribution in [0.15, 0.2) is 27.6 Å². The molecule has 8 heteroatoms. The third-order valence-corrected chi connectivity index (χ3v) is 5.47. The van der Waals surface area contributed by atoms with Crippen LogP contribution in [0.25, 0.3) is 0 Å². The summed E-state index contributed by atoms with van der Waals surface area (Å²) in [6, 6.07) is 3.76. The molecule has 1 aliphatic carbocycles. The fraction of sp³-hybridized carbons (Fsp3) is 0.500. The molecule has 20 heavy (non-hydrogen) atoms. The van der Waals surface area contributed by atoms with E-state index in [9.17, 15) is 18.5 Å². The van der Waals surface area contributed by atoms with Crippen LogP contribution in [-0.4, -0.2) is 19.4 Å². The number of sulfonamides is 1. The van der Waals surface area contributed by atoms with E-state index in [4.69, 9.17) is 0 Å². The number of nitrogens with zero attached hydrogens (tertiary/aromatic N) is 1. The minimum atomic E-state index is -3.89. The number of rotatable bonds is 4. The van der Waals surface area contributed by atoms with Gasteiger partial charge < -0.3 is 0 Å². The minimum Gasteiger partial charge on any atom is -0.258 e. The van der Waals surface area contributed by atoms with E-state index in [1.165, 1.54) is 18.2 Å². The Balaban J connectivity index is 2.33. The van der Waals surface area contributed by atoms with Crippen molar-refractivity contribution in [2.24, 2.45) is 5.92 Å². The van der Waals surface area contributed by atoms with Gasteiger partial charge in [0.25, 0.3) is 5.69 Å². The van der Waals surface area contributed by atoms with Gasteiger partial charge in [0.1, 0.15) is 0 Å². The van der Waals surface area contributed by atoms with Crippen molar-refractivity contribution in [2.75, 3.05) is 0 Å². The number of hydrogen-bond acceptors (Lipinski definition) is 4. The molecule has 0 bridgehead atoms. The zero-order valence-electron chi connectivity index (χ0n) is 10.9. The van der Waals surface area contributed by atoms with Crippen LogP contribution in [0, 0.1) is 16.0 Å². The van der Waals surface area contributed by atoms with Crippen molar-refractivity contribution >= 4 is 31.6 Å². The standard InChI is InChI=1S/C12H15BrN2O4S/c1-8-2-4-10(6-8)14-20(18,19)12-7-9(13)3-5-11(12)15(16)17/h3,5,7-8,10,14H,2,4,6H2,1H3. The molecule has 0 spiro atoms. The topological polar surface area (TPSA) is 89.3 Å². The maximum Gasteiger partial charge on any atom is 0.289 e. The molecule has 0 saturated heterocycles. The van der Waals surface area contributed by atoms with Gasteiger partial charge in [0, 0.05) is 16.6 Å². The molecule has 0 heterocycles. The zero-order chi connectivity index (χ0) is 14.9. The van der Waals surface area contributed by atoms with Gasteiger partial charge in [0.2, 0.25) is 10.0 Å². The van der Waals surface area contributed by atoms with Crippen molar-refractivity contribution in [3.8, 4) is 0 Å². The summed E-state index contributed by atoms with van der Waals surface area (Å²) in [4.78, 5) is 9.99. The summed E-state index contributed by atoms with van der Waals surface area (Å²) in [6.07, 6.45) is 2.50. The quantitative estimate of drug-likeness (QED) is 0.658. The van der Waals surface area contributed by atoms with E-state index in [1.54, 1.807) is 0 Å². The predicted molar refractivity (Wildman–Crippen MR) is 77.9 cm³/mol. The second-order valence-electron chi connectivity index (χ2n) is 5.11. The van der Waals surface area contributed by atoms with Gasteiger partial charge in [-0.15, -0.1) is 0 Å². The second kappa shape index (κ2) is 5.79. The van der Waals surface area contributed by atoms with E-state index in [0.717, 1.165) is 19.3 Å². The van der Waals surface area contributed by atoms with Gasteiger partial charge >= 0.3 is 0 Å². The summed E-state index contributed by atoms with van der Waals surface area (Å²) in [5, 5.41) is 11.0. The summed E-state index contributed by atoms with van der Waals surface area (Å²) >= 11 is 3.15. The third-order valence-electron chi connectivity index (χ3n) is 3.42. The van der Waals surface area contributed by atoms with Gasteiger partial charge in [-0.3, -0.25) is 10.1 Å². The first-order valence-electron chi connectivity index (χ1n) is 6.26. The van der Waals surface area contributed by atoms with E-state index in [1.807, 2.05) is 0 Å². The van der Waals surface area contributed by atoms with Gasteiger partial charge in [-0.1, -0.05) is 22.9 Å². The Hall–Kier alpha value is -0.990. The lowest BCUT2D eigenvalue weighted by Crippen LogP contribution is -2.33. The summed E-state index contributed by atoms with van der Waals surface area (Å²) in [5.41, 5.74) is -0.410. The molecule has 0 amide bonds. The Morgan fingerprint density at radius 3 is 2.65 bits per heavy atom. The maximum absolute atomic E-state index is 12.3. The molecule has 1 aromatic rings. The highest BCUT2D eigenvalue weighted by molar-refractivity contribution is 9.10. The SMILES string of the molecule is CC1CCC(NS(=O)(=O)c2cc(Br)ccc2[N+](=O)[O-])C1. The predicted octanol–water partition coefficient (Wildman–Crippen LogP) is 2.82. The van der Waals surface area contributed by atoms with Crippen molar-refractivity contribution in [3.63, 3.8) is 0 Å². The number of nitrogens with one attached hydrogen (secondary N) is 1. The number of benzene rings is 1. The van der Waals surface area contributed by atoms with Gasteiger partial charge in [0.15, 0.2) is 4.90 Å². The first-order valence-corrected chi connectivity index (χ1v) is 8.53. The van der Waals surface area contributed by atoms with Crippen molar-refractivity contribution in [1.82, 2.24) is 4.72 Å². The Bertz CT molecular complexity index is 632. The van der Waals surface area contributed by atoms with Crippen molar-refractivity contribution in [2.45, 2.75) is 37.1 Å². The highest BCUT2D eigenvalue weighted by atomic mass is 79.9. The molecule has 1 N–H and O–H groups in total. The lowest BCUT2D eigenvalue weighted by atomic mass is 10.1. The number of nitro benzene ring substituents is 1. The van der Waals surface area contributed by atoms with Gasteiger partial charge in [-0.05, 0) is 37.3 Å². The highest BCUT2D eigenvalue weighted by Crippen LogP contribution is 2.30. The molecule has 6 nitrogen and oxygen atoms in total. The molecule has 0 radical (unpaired) electrons. The summed E-state index contributed by atoms with van der Waals surface area (Å²) in [5.74, 6) is 0.472. The Kier molecular flexibility index (Phi) is 4.46. The Labute approximate surface area is 125 Å². The van der Waals surface area contributed by atoms with Crippen LogP contribution in [0.2, 0.25) is 0 Å². The van der Waals surface area contributed by atoms with Crippen LogP contribution < -0.4 is 4.72 Å². The van der Waals surface area contributed by atoms with Crippen molar-refractivity contribution in [3.05, 3.63) is 32.8 Å². The fourth-order valence-electron chi connectivity index (χ4n) is 2.45. The molecule has 2 rings (SSSR count). The van der Waals surface area contributed by atoms with Crippen molar-refractivity contribution in [1.29, 1.82) is 0 Å². The third kappa shape index (κ3) is 3.36. The molecule has 110 valence electrons. The molecule has 0 aliphatic heterocycles. The monoisotopic (exact) mass is 362 g/mol. The first kappa shape index (κ1) is 15.4. The van der Waals surface area contributed by atoms with E-state index >= 15 is 0 Å². The molecule has 0 aromatic heterocycles. The van der Waals surface area contributed by atoms with Crippen LogP contribution in [0.4, 0.5) is 5.69 Å². The van der Waals surface area contributed by atoms with Crippen LogP contribution in [0.3, 0.4) is 0 Å². The lowest BCUT2D eigenvalue weighted by molar-refractivity contribution is -0.387. The summed E-state index contributed by atoms with van der Waals surface area (Å²) in [6.45, 7) is 2.07. The van der Waals surface area contributed by atoms with E-state index in [2.05, 4.69) is 27.6 Å². The smallest absolute Gasteiger partial charge is 0.258 e. The van der Waals surface area contributed by atoms with Gasteiger partial charge in [0.05, 0.1) is 4.92 Å². The van der Waals surface area contributed by atoms with Crippen LogP contribution >= 0.6 is 15.9 Å². The molecule has 2 atom stereocenters. The Morgan fingerprint density at radius 2 is 2.10 bits per heavy atom. The van der Waals surface area contributed by atoms with Crippen LogP contribution in [0.5, 0.6) is 0 Å².